The third-order valence-electron chi connectivity index (χ3n) is 6.08. The Morgan fingerprint density at radius 2 is 2.10 bits per heavy atom. The number of nitrogens with one attached hydrogen (secondary N) is 2. The van der Waals surface area contributed by atoms with Crippen LogP contribution < -0.4 is 10.6 Å². The van der Waals surface area contributed by atoms with E-state index in [0.717, 1.165) is 45.3 Å². The van der Waals surface area contributed by atoms with Crippen LogP contribution in [0.2, 0.25) is 0 Å². The maximum Gasteiger partial charge on any atom is 0.225 e. The molecule has 0 aromatic carbocycles. The zero-order valence-corrected chi connectivity index (χ0v) is 12.7. The largest absolute Gasteiger partial charge is 0.351 e. The molecule has 4 rings (SSSR count). The average molecular weight is 291 g/mol. The Bertz CT molecular complexity index is 472. The van der Waals surface area contributed by atoms with Gasteiger partial charge in [0.25, 0.3) is 0 Å². The average Bonchev–Trinajstić information content (AvgIpc) is 3.32. The maximum absolute atomic E-state index is 12.4. The summed E-state index contributed by atoms with van der Waals surface area (Å²) < 4.78 is 0. The summed E-state index contributed by atoms with van der Waals surface area (Å²) in [4.78, 5) is 26.5. The van der Waals surface area contributed by atoms with Gasteiger partial charge in [-0.2, -0.15) is 0 Å². The van der Waals surface area contributed by atoms with Crippen molar-refractivity contribution in [3.8, 4) is 0 Å². The van der Waals surface area contributed by atoms with Gasteiger partial charge in [-0.05, 0) is 50.1 Å². The second-order valence-corrected chi connectivity index (χ2v) is 7.61. The Balaban J connectivity index is 1.31. The number of carbonyl (C=O) groups excluding carboxylic acids is 2. The van der Waals surface area contributed by atoms with E-state index in [9.17, 15) is 9.59 Å². The molecule has 2 saturated heterocycles. The molecule has 2 heterocycles. The van der Waals surface area contributed by atoms with Crippen molar-refractivity contribution in [3.63, 3.8) is 0 Å². The molecular formula is C16H25N3O2. The van der Waals surface area contributed by atoms with E-state index in [2.05, 4.69) is 17.6 Å². The summed E-state index contributed by atoms with van der Waals surface area (Å²) in [5.74, 6) is 1.26. The van der Waals surface area contributed by atoms with E-state index >= 15 is 0 Å². The van der Waals surface area contributed by atoms with Crippen molar-refractivity contribution >= 4 is 11.8 Å². The summed E-state index contributed by atoms with van der Waals surface area (Å²) in [5.41, 5.74) is 0.280. The quantitative estimate of drug-likeness (QED) is 0.796. The third-order valence-corrected chi connectivity index (χ3v) is 6.08. The number of rotatable bonds is 3. The van der Waals surface area contributed by atoms with E-state index in [4.69, 9.17) is 0 Å². The second kappa shape index (κ2) is 4.70. The van der Waals surface area contributed by atoms with Gasteiger partial charge in [-0.1, -0.05) is 6.92 Å². The molecule has 1 spiro atoms. The lowest BCUT2D eigenvalue weighted by atomic mass is 9.91. The van der Waals surface area contributed by atoms with Gasteiger partial charge >= 0.3 is 0 Å². The number of nitrogens with zero attached hydrogens (tertiary/aromatic N) is 1. The number of hydrogen-bond acceptors (Lipinski definition) is 3. The number of piperidine rings is 1. The van der Waals surface area contributed by atoms with Crippen molar-refractivity contribution in [3.05, 3.63) is 0 Å². The smallest absolute Gasteiger partial charge is 0.225 e. The van der Waals surface area contributed by atoms with Crippen LogP contribution in [0.1, 0.15) is 39.0 Å². The van der Waals surface area contributed by atoms with Crippen LogP contribution in [0.5, 0.6) is 0 Å². The second-order valence-electron chi connectivity index (χ2n) is 7.61. The normalized spacial score (nSPS) is 40.4. The lowest BCUT2D eigenvalue weighted by Gasteiger charge is -2.23. The van der Waals surface area contributed by atoms with Gasteiger partial charge in [-0.3, -0.25) is 9.59 Å². The summed E-state index contributed by atoms with van der Waals surface area (Å²) >= 11 is 0. The molecule has 0 aromatic rings. The van der Waals surface area contributed by atoms with Crippen LogP contribution >= 0.6 is 0 Å². The molecule has 2 aliphatic heterocycles. The summed E-state index contributed by atoms with van der Waals surface area (Å²) in [6, 6.07) is 0.480. The fourth-order valence-corrected chi connectivity index (χ4v) is 4.38. The van der Waals surface area contributed by atoms with E-state index in [0.29, 0.717) is 18.4 Å². The number of carbonyl (C=O) groups is 2. The lowest BCUT2D eigenvalue weighted by Crippen LogP contribution is -2.40. The van der Waals surface area contributed by atoms with E-state index in [1.807, 2.05) is 4.90 Å². The summed E-state index contributed by atoms with van der Waals surface area (Å²) in [6.07, 6.45) is 4.92. The van der Waals surface area contributed by atoms with Gasteiger partial charge in [0.05, 0.1) is 6.04 Å². The van der Waals surface area contributed by atoms with E-state index < -0.39 is 0 Å². The molecular weight excluding hydrogens is 266 g/mol. The molecule has 2 aliphatic carbocycles. The lowest BCUT2D eigenvalue weighted by molar-refractivity contribution is -0.128. The highest BCUT2D eigenvalue weighted by atomic mass is 16.2. The Kier molecular flexibility index (Phi) is 3.03. The first-order chi connectivity index (χ1) is 10.1. The molecule has 2 N–H and O–H groups in total. The van der Waals surface area contributed by atoms with Crippen molar-refractivity contribution in [2.24, 2.45) is 17.3 Å². The minimum atomic E-state index is 0.0390. The molecule has 21 heavy (non-hydrogen) atoms. The van der Waals surface area contributed by atoms with Gasteiger partial charge in [-0.15, -0.1) is 0 Å². The first-order valence-corrected chi connectivity index (χ1v) is 8.40. The molecule has 5 nitrogen and oxygen atoms in total. The maximum atomic E-state index is 12.4. The van der Waals surface area contributed by atoms with Crippen LogP contribution in [0.25, 0.3) is 0 Å². The highest BCUT2D eigenvalue weighted by Crippen LogP contribution is 2.58. The van der Waals surface area contributed by atoms with Crippen LogP contribution in [-0.2, 0) is 9.59 Å². The standard InChI is InChI=1S/C16H25N3O2/c1-10-6-13(10)19-9-11(7-14(19)20)18-15(21)12-8-16(12)2-4-17-5-3-16/h10-13,17H,2-9H2,1H3,(H,18,21). The molecule has 5 heteroatoms. The fraction of sp³-hybridized carbons (Fsp3) is 0.875. The molecule has 2 amide bonds. The number of amides is 2. The minimum Gasteiger partial charge on any atom is -0.351 e. The van der Waals surface area contributed by atoms with Crippen LogP contribution in [-0.4, -0.2) is 48.4 Å². The summed E-state index contributed by atoms with van der Waals surface area (Å²) in [6.45, 7) is 4.99. The highest BCUT2D eigenvalue weighted by Gasteiger charge is 2.58. The van der Waals surface area contributed by atoms with E-state index in [1.165, 1.54) is 0 Å². The minimum absolute atomic E-state index is 0.0390. The Hall–Kier alpha value is -1.10. The topological polar surface area (TPSA) is 61.4 Å². The van der Waals surface area contributed by atoms with Gasteiger partial charge in [0.1, 0.15) is 0 Å². The third kappa shape index (κ3) is 2.35. The van der Waals surface area contributed by atoms with Crippen molar-refractivity contribution in [2.45, 2.75) is 51.1 Å². The van der Waals surface area contributed by atoms with Crippen molar-refractivity contribution in [1.82, 2.24) is 15.5 Å². The van der Waals surface area contributed by atoms with Gasteiger partial charge in [-0.25, -0.2) is 0 Å². The molecule has 0 radical (unpaired) electrons. The summed E-state index contributed by atoms with van der Waals surface area (Å²) in [5, 5.41) is 6.51. The Morgan fingerprint density at radius 3 is 2.76 bits per heavy atom. The van der Waals surface area contributed by atoms with Crippen molar-refractivity contribution in [1.29, 1.82) is 0 Å². The van der Waals surface area contributed by atoms with Gasteiger partial charge in [0.15, 0.2) is 0 Å². The Labute approximate surface area is 125 Å². The molecule has 4 fully saturated rings. The fourth-order valence-electron chi connectivity index (χ4n) is 4.38. The monoisotopic (exact) mass is 291 g/mol. The van der Waals surface area contributed by atoms with Crippen molar-refractivity contribution < 1.29 is 9.59 Å². The van der Waals surface area contributed by atoms with Gasteiger partial charge < -0.3 is 15.5 Å². The first-order valence-electron chi connectivity index (χ1n) is 8.40. The molecule has 4 unspecified atom stereocenters. The molecule has 4 atom stereocenters. The van der Waals surface area contributed by atoms with Crippen molar-refractivity contribution in [2.75, 3.05) is 19.6 Å². The molecule has 0 aromatic heterocycles. The molecule has 4 aliphatic rings. The SMILES string of the molecule is CC1CC1N1CC(NC(=O)C2CC23CCNCC3)CC1=O. The van der Waals surface area contributed by atoms with E-state index in [1.54, 1.807) is 0 Å². The molecule has 116 valence electrons. The van der Waals surface area contributed by atoms with Crippen LogP contribution in [0, 0.1) is 17.3 Å². The van der Waals surface area contributed by atoms with Gasteiger partial charge in [0, 0.05) is 24.9 Å². The zero-order valence-electron chi connectivity index (χ0n) is 12.7. The molecule has 0 bridgehead atoms. The first kappa shape index (κ1) is 13.6. The van der Waals surface area contributed by atoms with Gasteiger partial charge in [0.2, 0.25) is 11.8 Å². The predicted octanol–water partition coefficient (Wildman–Crippen LogP) is 0.502. The predicted molar refractivity (Wildman–Crippen MR) is 78.5 cm³/mol. The molecule has 2 saturated carbocycles. The summed E-state index contributed by atoms with van der Waals surface area (Å²) in [7, 11) is 0. The Morgan fingerprint density at radius 1 is 1.38 bits per heavy atom. The number of hydrogen-bond donors (Lipinski definition) is 2. The highest BCUT2D eigenvalue weighted by molar-refractivity contribution is 5.85. The van der Waals surface area contributed by atoms with Crippen LogP contribution in [0.3, 0.4) is 0 Å². The van der Waals surface area contributed by atoms with Crippen LogP contribution in [0.15, 0.2) is 0 Å². The zero-order chi connectivity index (χ0) is 14.6. The van der Waals surface area contributed by atoms with E-state index in [-0.39, 0.29) is 29.2 Å². The number of likely N-dealkylation sites (tertiary alicyclic amines) is 1. The van der Waals surface area contributed by atoms with Crippen LogP contribution in [0.4, 0.5) is 0 Å².